The maximum atomic E-state index is 14.4. The molecule has 0 saturated carbocycles. The molecule has 9 heteroatoms. The van der Waals surface area contributed by atoms with Gasteiger partial charge in [0.2, 0.25) is 5.60 Å². The third kappa shape index (κ3) is 5.29. The standard InChI is InChI=1S/C32H39N4O5/c33-29(17-25-20-34-21-35-25)30(37)39-22-40-32(23-9-3-1-4-10-23,24-11-5-2-6-12-24)31(38)41-28-18-26-13-14-27(19-28)36(26)15-7-8-16-36/h1-6,9-12,20-21,26-29H,7-8,13-19,22,33H2,(H,34,35)/q+1/t26?,27?,28?,29-/m0/s1. The molecule has 3 atom stereocenters. The van der Waals surface area contributed by atoms with Crippen LogP contribution in [0, 0.1) is 0 Å². The van der Waals surface area contributed by atoms with Gasteiger partial charge in [0.1, 0.15) is 12.1 Å². The van der Waals surface area contributed by atoms with Crippen LogP contribution in [-0.2, 0) is 35.8 Å². The summed E-state index contributed by atoms with van der Waals surface area (Å²) in [5.74, 6) is -1.13. The minimum absolute atomic E-state index is 0.176. The summed E-state index contributed by atoms with van der Waals surface area (Å²) in [5, 5.41) is 0. The van der Waals surface area contributed by atoms with Crippen molar-refractivity contribution >= 4 is 11.9 Å². The zero-order valence-corrected chi connectivity index (χ0v) is 23.3. The molecule has 1 spiro atoms. The lowest BCUT2D eigenvalue weighted by atomic mass is 9.85. The Kier molecular flexibility index (Phi) is 7.92. The zero-order valence-electron chi connectivity index (χ0n) is 23.3. The van der Waals surface area contributed by atoms with Gasteiger partial charge in [0.15, 0.2) is 6.79 Å². The Labute approximate surface area is 240 Å². The molecule has 3 aliphatic rings. The van der Waals surface area contributed by atoms with Gasteiger partial charge in [-0.3, -0.25) is 4.79 Å². The maximum absolute atomic E-state index is 14.4. The molecule has 9 nitrogen and oxygen atoms in total. The Morgan fingerprint density at radius 2 is 1.59 bits per heavy atom. The van der Waals surface area contributed by atoms with Gasteiger partial charge in [-0.15, -0.1) is 0 Å². The van der Waals surface area contributed by atoms with Crippen molar-refractivity contribution in [2.45, 2.75) is 74.8 Å². The second-order valence-electron chi connectivity index (χ2n) is 11.7. The van der Waals surface area contributed by atoms with Crippen molar-refractivity contribution in [3.8, 4) is 0 Å². The number of hydrogen-bond acceptors (Lipinski definition) is 7. The van der Waals surface area contributed by atoms with E-state index in [-0.39, 0.29) is 12.5 Å². The Morgan fingerprint density at radius 1 is 0.976 bits per heavy atom. The van der Waals surface area contributed by atoms with E-state index in [1.807, 2.05) is 60.7 Å². The van der Waals surface area contributed by atoms with Crippen molar-refractivity contribution < 1.29 is 28.3 Å². The predicted octanol–water partition coefficient (Wildman–Crippen LogP) is 3.59. The molecule has 3 fully saturated rings. The number of quaternary nitrogens is 1. The molecule has 4 heterocycles. The highest BCUT2D eigenvalue weighted by atomic mass is 16.7. The van der Waals surface area contributed by atoms with Crippen LogP contribution >= 0.6 is 0 Å². The monoisotopic (exact) mass is 559 g/mol. The number of H-pyrrole nitrogens is 1. The molecule has 3 N–H and O–H groups in total. The summed E-state index contributed by atoms with van der Waals surface area (Å²) in [5.41, 5.74) is 6.39. The first-order chi connectivity index (χ1) is 20.0. The molecule has 2 aromatic carbocycles. The normalized spacial score (nSPS) is 23.8. The van der Waals surface area contributed by atoms with Gasteiger partial charge in [0, 0.05) is 56.8 Å². The van der Waals surface area contributed by atoms with Gasteiger partial charge in [-0.1, -0.05) is 60.7 Å². The lowest BCUT2D eigenvalue weighted by Crippen LogP contribution is -2.60. The molecule has 6 rings (SSSR count). The molecule has 3 aromatic rings. The summed E-state index contributed by atoms with van der Waals surface area (Å²) < 4.78 is 19.4. The zero-order chi connectivity index (χ0) is 28.3. The summed E-state index contributed by atoms with van der Waals surface area (Å²) in [6.07, 6.45) is 9.94. The van der Waals surface area contributed by atoms with Crippen LogP contribution in [0.2, 0.25) is 0 Å². The number of rotatable bonds is 10. The molecule has 3 saturated heterocycles. The number of nitrogens with zero attached hydrogens (tertiary/aromatic N) is 2. The fourth-order valence-corrected chi connectivity index (χ4v) is 7.51. The van der Waals surface area contributed by atoms with Gasteiger partial charge in [0.25, 0.3) is 0 Å². The lowest BCUT2D eigenvalue weighted by Gasteiger charge is -2.47. The minimum Gasteiger partial charge on any atom is -0.459 e. The van der Waals surface area contributed by atoms with Crippen LogP contribution in [0.15, 0.2) is 73.2 Å². The summed E-state index contributed by atoms with van der Waals surface area (Å²) in [6, 6.07) is 18.8. The Balaban J connectivity index is 1.23. The number of nitrogens with two attached hydrogens (primary N) is 1. The van der Waals surface area contributed by atoms with Crippen molar-refractivity contribution in [2.75, 3.05) is 19.9 Å². The predicted molar refractivity (Wildman–Crippen MR) is 151 cm³/mol. The number of esters is 2. The molecule has 3 aliphatic heterocycles. The highest BCUT2D eigenvalue weighted by Crippen LogP contribution is 2.47. The average molecular weight is 560 g/mol. The third-order valence-corrected chi connectivity index (χ3v) is 9.45. The second-order valence-corrected chi connectivity index (χ2v) is 11.7. The molecule has 0 radical (unpaired) electrons. The first kappa shape index (κ1) is 27.6. The van der Waals surface area contributed by atoms with E-state index < -0.39 is 30.4 Å². The van der Waals surface area contributed by atoms with Gasteiger partial charge < -0.3 is 29.4 Å². The molecule has 2 unspecified atom stereocenters. The average Bonchev–Trinajstić information content (AvgIpc) is 3.73. The number of aromatic amines is 1. The van der Waals surface area contributed by atoms with E-state index in [2.05, 4.69) is 9.97 Å². The number of benzene rings is 2. The summed E-state index contributed by atoms with van der Waals surface area (Å²) in [4.78, 5) is 34.0. The maximum Gasteiger partial charge on any atom is 0.348 e. The molecule has 216 valence electrons. The van der Waals surface area contributed by atoms with E-state index >= 15 is 0 Å². The van der Waals surface area contributed by atoms with E-state index in [4.69, 9.17) is 19.9 Å². The van der Waals surface area contributed by atoms with Crippen molar-refractivity contribution in [1.29, 1.82) is 0 Å². The molecular weight excluding hydrogens is 520 g/mol. The van der Waals surface area contributed by atoms with E-state index in [0.717, 1.165) is 18.5 Å². The van der Waals surface area contributed by atoms with Gasteiger partial charge in [-0.05, 0) is 11.1 Å². The quantitative estimate of drug-likeness (QED) is 0.222. The van der Waals surface area contributed by atoms with Gasteiger partial charge in [-0.25, -0.2) is 9.78 Å². The van der Waals surface area contributed by atoms with Crippen molar-refractivity contribution in [2.24, 2.45) is 5.73 Å². The molecule has 1 aromatic heterocycles. The lowest BCUT2D eigenvalue weighted by molar-refractivity contribution is -0.956. The largest absolute Gasteiger partial charge is 0.459 e. The van der Waals surface area contributed by atoms with Crippen LogP contribution in [0.25, 0.3) is 0 Å². The molecule has 0 amide bonds. The van der Waals surface area contributed by atoms with Gasteiger partial charge in [0.05, 0.1) is 31.5 Å². The van der Waals surface area contributed by atoms with Crippen LogP contribution in [0.5, 0.6) is 0 Å². The highest BCUT2D eigenvalue weighted by Gasteiger charge is 2.57. The van der Waals surface area contributed by atoms with Crippen molar-refractivity contribution in [3.63, 3.8) is 0 Å². The number of hydrogen-bond donors (Lipinski definition) is 2. The number of imidazole rings is 1. The van der Waals surface area contributed by atoms with Gasteiger partial charge >= 0.3 is 11.9 Å². The number of nitrogens with one attached hydrogen (secondary N) is 1. The molecular formula is C32H39N4O5+. The van der Waals surface area contributed by atoms with Crippen LogP contribution in [-0.4, -0.2) is 70.5 Å². The molecule has 41 heavy (non-hydrogen) atoms. The number of carbonyl (C=O) groups excluding carboxylic acids is 2. The van der Waals surface area contributed by atoms with Crippen LogP contribution in [0.1, 0.15) is 55.3 Å². The fraction of sp³-hybridized carbons (Fsp3) is 0.469. The summed E-state index contributed by atoms with van der Waals surface area (Å²) in [7, 11) is 0. The molecule has 0 aliphatic carbocycles. The topological polar surface area (TPSA) is 117 Å². The Bertz CT molecular complexity index is 1250. The number of piperidine rings is 1. The van der Waals surface area contributed by atoms with Crippen LogP contribution in [0.4, 0.5) is 0 Å². The first-order valence-corrected chi connectivity index (χ1v) is 14.7. The minimum atomic E-state index is -1.62. The summed E-state index contributed by atoms with van der Waals surface area (Å²) in [6.45, 7) is 2.04. The van der Waals surface area contributed by atoms with E-state index in [0.29, 0.717) is 23.2 Å². The fourth-order valence-electron chi connectivity index (χ4n) is 7.51. The van der Waals surface area contributed by atoms with E-state index in [9.17, 15) is 9.59 Å². The summed E-state index contributed by atoms with van der Waals surface area (Å²) >= 11 is 0. The third-order valence-electron chi connectivity index (χ3n) is 9.45. The number of ether oxygens (including phenoxy) is 3. The van der Waals surface area contributed by atoms with Gasteiger partial charge in [-0.2, -0.15) is 0 Å². The van der Waals surface area contributed by atoms with Crippen molar-refractivity contribution in [3.05, 3.63) is 90.0 Å². The van der Waals surface area contributed by atoms with E-state index in [1.165, 1.54) is 49.6 Å². The number of carbonyl (C=O) groups is 2. The first-order valence-electron chi connectivity index (χ1n) is 14.7. The number of aromatic nitrogens is 2. The smallest absolute Gasteiger partial charge is 0.348 e. The van der Waals surface area contributed by atoms with E-state index in [1.54, 1.807) is 6.20 Å². The SMILES string of the molecule is N[C@@H](Cc1cnc[nH]1)C(=O)OCOC(C(=O)OC1CC2CCC(C1)[N+]21CCCC1)(c1ccccc1)c1ccccc1. The second kappa shape index (κ2) is 11.8. The highest BCUT2D eigenvalue weighted by molar-refractivity contribution is 5.86. The van der Waals surface area contributed by atoms with Crippen LogP contribution in [0.3, 0.4) is 0 Å². The van der Waals surface area contributed by atoms with Crippen molar-refractivity contribution in [1.82, 2.24) is 9.97 Å². The Morgan fingerprint density at radius 3 is 2.15 bits per heavy atom. The van der Waals surface area contributed by atoms with Crippen LogP contribution < -0.4 is 5.73 Å². The molecule has 2 bridgehead atoms. The Hall–Kier alpha value is -3.53.